The molecule has 2 aromatic rings. The van der Waals surface area contributed by atoms with Gasteiger partial charge in [-0.1, -0.05) is 24.3 Å². The molecule has 1 atom stereocenters. The highest BCUT2D eigenvalue weighted by Crippen LogP contribution is 2.34. The van der Waals surface area contributed by atoms with Crippen LogP contribution in [0.15, 0.2) is 48.5 Å². The van der Waals surface area contributed by atoms with E-state index < -0.39 is 0 Å². The summed E-state index contributed by atoms with van der Waals surface area (Å²) in [5.74, 6) is 1.60. The number of unbranched alkanes of at least 4 members (excludes halogenated alkanes) is 1. The van der Waals surface area contributed by atoms with Crippen molar-refractivity contribution in [3.8, 4) is 11.5 Å². The number of nitrogens with zero attached hydrogens (tertiary/aromatic N) is 1. The van der Waals surface area contributed by atoms with E-state index in [-0.39, 0.29) is 18.6 Å². The van der Waals surface area contributed by atoms with Crippen LogP contribution in [0, 0.1) is 0 Å². The van der Waals surface area contributed by atoms with Crippen LogP contribution >= 0.6 is 0 Å². The zero-order chi connectivity index (χ0) is 17.6. The average molecular weight is 340 g/mol. The normalized spacial score (nSPS) is 14.6. The van der Waals surface area contributed by atoms with Gasteiger partial charge in [0.05, 0.1) is 12.3 Å². The third-order valence-corrected chi connectivity index (χ3v) is 4.24. The van der Waals surface area contributed by atoms with Crippen molar-refractivity contribution < 1.29 is 14.3 Å². The van der Waals surface area contributed by atoms with E-state index in [1.165, 1.54) is 0 Å². The first kappa shape index (κ1) is 17.3. The van der Waals surface area contributed by atoms with E-state index in [4.69, 9.17) is 15.2 Å². The maximum Gasteiger partial charge on any atom is 0.265 e. The van der Waals surface area contributed by atoms with Gasteiger partial charge in [-0.3, -0.25) is 4.79 Å². The van der Waals surface area contributed by atoms with Gasteiger partial charge in [-0.25, -0.2) is 0 Å². The first-order valence-electron chi connectivity index (χ1n) is 8.65. The van der Waals surface area contributed by atoms with Crippen molar-refractivity contribution in [1.82, 2.24) is 0 Å². The molecule has 0 bridgehead atoms. The maximum absolute atomic E-state index is 12.3. The Bertz CT molecular complexity index is 716. The Labute approximate surface area is 148 Å². The van der Waals surface area contributed by atoms with Gasteiger partial charge in [0.25, 0.3) is 5.91 Å². The topological polar surface area (TPSA) is 64.8 Å². The number of nitrogens with two attached hydrogens (primary N) is 1. The summed E-state index contributed by atoms with van der Waals surface area (Å²) < 4.78 is 11.2. The average Bonchev–Trinajstić information content (AvgIpc) is 2.63. The van der Waals surface area contributed by atoms with Gasteiger partial charge in [-0.15, -0.1) is 0 Å². The molecule has 3 rings (SSSR count). The molecule has 0 radical (unpaired) electrons. The minimum atomic E-state index is -0.0801. The molecule has 1 aliphatic heterocycles. The molecule has 5 heteroatoms. The molecule has 2 aromatic carbocycles. The lowest BCUT2D eigenvalue weighted by molar-refractivity contribution is -0.121. The first-order valence-corrected chi connectivity index (χ1v) is 8.65. The van der Waals surface area contributed by atoms with Gasteiger partial charge in [0.15, 0.2) is 6.61 Å². The molecule has 2 N–H and O–H groups in total. The smallest absolute Gasteiger partial charge is 0.265 e. The van der Waals surface area contributed by atoms with Crippen molar-refractivity contribution in [2.24, 2.45) is 5.73 Å². The predicted octanol–water partition coefficient (Wildman–Crippen LogP) is 3.29. The number of rotatable bonds is 7. The molecule has 0 aliphatic carbocycles. The molecule has 1 aliphatic rings. The summed E-state index contributed by atoms with van der Waals surface area (Å²) in [5, 5.41) is 0. The highest BCUT2D eigenvalue weighted by Gasteiger charge is 2.25. The summed E-state index contributed by atoms with van der Waals surface area (Å²) in [6, 6.07) is 15.5. The Balaban J connectivity index is 1.57. The van der Waals surface area contributed by atoms with Crippen LogP contribution in [-0.4, -0.2) is 25.7 Å². The van der Waals surface area contributed by atoms with E-state index in [0.29, 0.717) is 13.2 Å². The molecule has 0 saturated carbocycles. The van der Waals surface area contributed by atoms with E-state index in [9.17, 15) is 4.79 Å². The monoisotopic (exact) mass is 340 g/mol. The van der Waals surface area contributed by atoms with E-state index in [0.717, 1.165) is 35.6 Å². The maximum atomic E-state index is 12.3. The van der Waals surface area contributed by atoms with Gasteiger partial charge >= 0.3 is 0 Å². The summed E-state index contributed by atoms with van der Waals surface area (Å²) >= 11 is 0. The van der Waals surface area contributed by atoms with Gasteiger partial charge in [-0.05, 0) is 49.6 Å². The van der Waals surface area contributed by atoms with Crippen molar-refractivity contribution in [3.05, 3.63) is 54.1 Å². The number of hydrogen-bond donors (Lipinski definition) is 1. The molecule has 0 fully saturated rings. The molecule has 1 heterocycles. The Kier molecular flexibility index (Phi) is 5.56. The molecule has 25 heavy (non-hydrogen) atoms. The third-order valence-electron chi connectivity index (χ3n) is 4.24. The van der Waals surface area contributed by atoms with E-state index in [2.05, 4.69) is 0 Å². The molecular weight excluding hydrogens is 316 g/mol. The molecule has 0 spiro atoms. The number of carbonyl (C=O) groups excluding carboxylic acids is 1. The number of anilines is 1. The summed E-state index contributed by atoms with van der Waals surface area (Å²) in [6.45, 7) is 3.30. The molecule has 0 saturated heterocycles. The van der Waals surface area contributed by atoms with Crippen molar-refractivity contribution in [3.63, 3.8) is 0 Å². The Morgan fingerprint density at radius 1 is 1.20 bits per heavy atom. The van der Waals surface area contributed by atoms with Crippen molar-refractivity contribution >= 4 is 11.6 Å². The van der Waals surface area contributed by atoms with E-state index >= 15 is 0 Å². The Morgan fingerprint density at radius 3 is 2.76 bits per heavy atom. The predicted molar refractivity (Wildman–Crippen MR) is 98.1 cm³/mol. The van der Waals surface area contributed by atoms with Gasteiger partial charge in [0.1, 0.15) is 11.5 Å². The van der Waals surface area contributed by atoms with Crippen LogP contribution in [0.1, 0.15) is 31.4 Å². The molecule has 1 unspecified atom stereocenters. The highest BCUT2D eigenvalue weighted by molar-refractivity contribution is 5.97. The van der Waals surface area contributed by atoms with Gasteiger partial charge in [0, 0.05) is 12.6 Å². The summed E-state index contributed by atoms with van der Waals surface area (Å²) in [4.78, 5) is 14.1. The van der Waals surface area contributed by atoms with Crippen molar-refractivity contribution in [2.75, 3.05) is 24.7 Å². The first-order chi connectivity index (χ1) is 12.1. The SMILES string of the molecule is CC(N)c1ccc2c(c1)N(CCCCOc1ccccc1)C(=O)CO2. The fourth-order valence-electron chi connectivity index (χ4n) is 2.83. The van der Waals surface area contributed by atoms with Gasteiger partial charge in [0.2, 0.25) is 0 Å². The van der Waals surface area contributed by atoms with Crippen LogP contribution in [-0.2, 0) is 4.79 Å². The van der Waals surface area contributed by atoms with Gasteiger partial charge in [-0.2, -0.15) is 0 Å². The number of ether oxygens (including phenoxy) is 2. The molecule has 132 valence electrons. The van der Waals surface area contributed by atoms with Crippen LogP contribution in [0.3, 0.4) is 0 Å². The number of amides is 1. The second-order valence-corrected chi connectivity index (χ2v) is 6.22. The zero-order valence-corrected chi connectivity index (χ0v) is 14.5. The number of carbonyl (C=O) groups is 1. The fourth-order valence-corrected chi connectivity index (χ4v) is 2.83. The third kappa shape index (κ3) is 4.31. The second-order valence-electron chi connectivity index (χ2n) is 6.22. The summed E-state index contributed by atoms with van der Waals surface area (Å²) in [6.07, 6.45) is 1.74. The second kappa shape index (κ2) is 8.03. The standard InChI is InChI=1S/C20H24N2O3/c1-15(21)16-9-10-19-18(13-16)22(20(23)14-25-19)11-5-6-12-24-17-7-3-2-4-8-17/h2-4,7-10,13,15H,5-6,11-12,14,21H2,1H3. The lowest BCUT2D eigenvalue weighted by Crippen LogP contribution is -2.39. The number of para-hydroxylation sites is 1. The van der Waals surface area contributed by atoms with E-state index in [1.807, 2.05) is 55.5 Å². The number of fused-ring (bicyclic) bond motifs is 1. The van der Waals surface area contributed by atoms with E-state index in [1.54, 1.807) is 4.90 Å². The van der Waals surface area contributed by atoms with Crippen LogP contribution in [0.2, 0.25) is 0 Å². The highest BCUT2D eigenvalue weighted by atomic mass is 16.5. The summed E-state index contributed by atoms with van der Waals surface area (Å²) in [7, 11) is 0. The minimum Gasteiger partial charge on any atom is -0.494 e. The molecule has 0 aromatic heterocycles. The minimum absolute atomic E-state index is 0.0155. The number of hydrogen-bond acceptors (Lipinski definition) is 4. The lowest BCUT2D eigenvalue weighted by Gasteiger charge is -2.30. The fraction of sp³-hybridized carbons (Fsp3) is 0.350. The zero-order valence-electron chi connectivity index (χ0n) is 14.5. The largest absolute Gasteiger partial charge is 0.494 e. The lowest BCUT2D eigenvalue weighted by atomic mass is 10.1. The van der Waals surface area contributed by atoms with Gasteiger partial charge < -0.3 is 20.1 Å². The molecule has 5 nitrogen and oxygen atoms in total. The number of benzene rings is 2. The Morgan fingerprint density at radius 2 is 2.00 bits per heavy atom. The van der Waals surface area contributed by atoms with Crippen molar-refractivity contribution in [1.29, 1.82) is 0 Å². The molecule has 1 amide bonds. The van der Waals surface area contributed by atoms with Crippen LogP contribution in [0.25, 0.3) is 0 Å². The van der Waals surface area contributed by atoms with Crippen LogP contribution in [0.5, 0.6) is 11.5 Å². The molecular formula is C20H24N2O3. The van der Waals surface area contributed by atoms with Crippen LogP contribution < -0.4 is 20.1 Å². The Hall–Kier alpha value is -2.53. The quantitative estimate of drug-likeness (QED) is 0.786. The van der Waals surface area contributed by atoms with Crippen LogP contribution in [0.4, 0.5) is 5.69 Å². The van der Waals surface area contributed by atoms with Crippen molar-refractivity contribution in [2.45, 2.75) is 25.8 Å². The summed E-state index contributed by atoms with van der Waals surface area (Å²) in [5.41, 5.74) is 7.77.